The molecular weight excluding hydrogens is 499 g/mol. The molecule has 1 aliphatic heterocycles. The number of rotatable bonds is 4. The second-order valence-electron chi connectivity index (χ2n) is 6.69. The molecule has 0 saturated heterocycles. The predicted octanol–water partition coefficient (Wildman–Crippen LogP) is 4.50. The van der Waals surface area contributed by atoms with E-state index in [0.717, 1.165) is 16.2 Å². The molecular formula is C19H10Cl2N4O5S2. The number of aryl methyl sites for hydroxylation is 1. The lowest BCUT2D eigenvalue weighted by atomic mass is 10.1. The molecule has 0 bridgehead atoms. The Morgan fingerprint density at radius 1 is 1.03 bits per heavy atom. The van der Waals surface area contributed by atoms with Gasteiger partial charge in [-0.15, -0.1) is 11.3 Å². The number of hydrogen-bond donors (Lipinski definition) is 1. The first-order valence-electron chi connectivity index (χ1n) is 8.90. The number of hydrogen-bond acceptors (Lipinski definition) is 8. The SMILES string of the molecule is Cc1nc2oc(NS(=O)(=O)c3ccc(Cl)s3)nc2c(Cl)c1N1C(=O)c2ccccc2C1=O. The van der Waals surface area contributed by atoms with Crippen LogP contribution in [0, 0.1) is 6.92 Å². The zero-order valence-corrected chi connectivity index (χ0v) is 19.1. The van der Waals surface area contributed by atoms with Gasteiger partial charge in [0.05, 0.1) is 31.9 Å². The molecule has 0 radical (unpaired) electrons. The number of halogens is 2. The van der Waals surface area contributed by atoms with Crippen LogP contribution in [0.15, 0.2) is 45.0 Å². The van der Waals surface area contributed by atoms with Gasteiger partial charge >= 0.3 is 6.01 Å². The number of anilines is 2. The largest absolute Gasteiger partial charge is 0.404 e. The molecule has 4 heterocycles. The highest BCUT2D eigenvalue weighted by Gasteiger charge is 2.39. The Balaban J connectivity index is 1.58. The summed E-state index contributed by atoms with van der Waals surface area (Å²) in [5.41, 5.74) is 0.707. The molecule has 1 N–H and O–H groups in total. The van der Waals surface area contributed by atoms with Crippen molar-refractivity contribution in [2.75, 3.05) is 9.62 Å². The third kappa shape index (κ3) is 3.16. The lowest BCUT2D eigenvalue weighted by molar-refractivity contribution is 0.0925. The zero-order chi connectivity index (χ0) is 22.8. The van der Waals surface area contributed by atoms with Crippen LogP contribution in [-0.2, 0) is 10.0 Å². The average Bonchev–Trinajstić information content (AvgIpc) is 3.41. The summed E-state index contributed by atoms with van der Waals surface area (Å²) in [4.78, 5) is 35.0. The molecule has 0 atom stereocenters. The van der Waals surface area contributed by atoms with Gasteiger partial charge < -0.3 is 4.42 Å². The first kappa shape index (κ1) is 20.9. The summed E-state index contributed by atoms with van der Waals surface area (Å²) < 4.78 is 32.9. The van der Waals surface area contributed by atoms with Crippen molar-refractivity contribution in [1.29, 1.82) is 0 Å². The van der Waals surface area contributed by atoms with E-state index in [1.807, 2.05) is 0 Å². The number of sulfonamides is 1. The van der Waals surface area contributed by atoms with Gasteiger partial charge in [-0.1, -0.05) is 35.3 Å². The van der Waals surface area contributed by atoms with E-state index in [1.54, 1.807) is 31.2 Å². The maximum absolute atomic E-state index is 12.9. The maximum atomic E-state index is 12.9. The number of fused-ring (bicyclic) bond motifs is 2. The van der Waals surface area contributed by atoms with Crippen molar-refractivity contribution in [2.45, 2.75) is 11.1 Å². The van der Waals surface area contributed by atoms with Crippen LogP contribution < -0.4 is 9.62 Å². The molecule has 2 amide bonds. The van der Waals surface area contributed by atoms with Crippen molar-refractivity contribution >= 4 is 79.3 Å². The van der Waals surface area contributed by atoms with Gasteiger partial charge in [0.15, 0.2) is 5.52 Å². The summed E-state index contributed by atoms with van der Waals surface area (Å²) >= 11 is 13.2. The Labute approximate surface area is 194 Å². The monoisotopic (exact) mass is 508 g/mol. The number of pyridine rings is 1. The van der Waals surface area contributed by atoms with Crippen LogP contribution in [0.3, 0.4) is 0 Å². The third-order valence-corrected chi connectivity index (χ3v) is 8.09. The summed E-state index contributed by atoms with van der Waals surface area (Å²) in [7, 11) is -4.00. The Bertz CT molecular complexity index is 1530. The van der Waals surface area contributed by atoms with Gasteiger partial charge in [-0.2, -0.15) is 4.98 Å². The molecule has 5 rings (SSSR count). The Hall–Kier alpha value is -2.99. The Morgan fingerprint density at radius 3 is 2.28 bits per heavy atom. The first-order chi connectivity index (χ1) is 15.2. The van der Waals surface area contributed by atoms with E-state index in [2.05, 4.69) is 14.7 Å². The molecule has 3 aromatic heterocycles. The molecule has 32 heavy (non-hydrogen) atoms. The number of thiophene rings is 1. The number of nitrogens with one attached hydrogen (secondary N) is 1. The lowest BCUT2D eigenvalue weighted by Gasteiger charge is -2.17. The topological polar surface area (TPSA) is 122 Å². The molecule has 162 valence electrons. The number of amides is 2. The quantitative estimate of drug-likeness (QED) is 0.402. The second kappa shape index (κ2) is 7.27. The molecule has 9 nitrogen and oxygen atoms in total. The number of oxazole rings is 1. The predicted molar refractivity (Wildman–Crippen MR) is 119 cm³/mol. The maximum Gasteiger partial charge on any atom is 0.311 e. The van der Waals surface area contributed by atoms with Crippen molar-refractivity contribution in [1.82, 2.24) is 9.97 Å². The zero-order valence-electron chi connectivity index (χ0n) is 15.9. The van der Waals surface area contributed by atoms with E-state index in [4.69, 9.17) is 27.6 Å². The summed E-state index contributed by atoms with van der Waals surface area (Å²) in [6.07, 6.45) is 0. The molecule has 4 aromatic rings. The minimum absolute atomic E-state index is 0.00858. The van der Waals surface area contributed by atoms with Crippen molar-refractivity contribution in [2.24, 2.45) is 0 Å². The van der Waals surface area contributed by atoms with Gasteiger partial charge in [-0.3, -0.25) is 9.59 Å². The number of imide groups is 1. The van der Waals surface area contributed by atoms with Crippen LogP contribution in [0.1, 0.15) is 26.4 Å². The van der Waals surface area contributed by atoms with Gasteiger partial charge in [0.2, 0.25) is 0 Å². The molecule has 1 aliphatic rings. The number of carbonyl (C=O) groups is 2. The highest BCUT2D eigenvalue weighted by molar-refractivity contribution is 7.94. The number of nitrogens with zero attached hydrogens (tertiary/aromatic N) is 3. The Morgan fingerprint density at radius 2 is 1.69 bits per heavy atom. The van der Waals surface area contributed by atoms with E-state index in [-0.39, 0.29) is 49.0 Å². The highest BCUT2D eigenvalue weighted by atomic mass is 35.5. The Kier molecular flexibility index (Phi) is 4.75. The molecule has 0 fully saturated rings. The summed E-state index contributed by atoms with van der Waals surface area (Å²) in [5, 5.41) is -0.0737. The van der Waals surface area contributed by atoms with Crippen LogP contribution in [0.4, 0.5) is 11.7 Å². The molecule has 0 saturated carbocycles. The van der Waals surface area contributed by atoms with Crippen LogP contribution >= 0.6 is 34.5 Å². The molecule has 0 spiro atoms. The standard InChI is InChI=1S/C19H10Cl2N4O5S2/c1-8-15(25-17(26)9-4-2-3-5-10(9)18(25)27)13(21)14-16(22-8)30-19(23-14)24-32(28,29)12-7-6-11(20)31-12/h2-7H,1H3,(H,23,24). The van der Waals surface area contributed by atoms with Crippen LogP contribution in [0.2, 0.25) is 9.36 Å². The highest BCUT2D eigenvalue weighted by Crippen LogP contribution is 2.39. The van der Waals surface area contributed by atoms with Gasteiger partial charge in [0.1, 0.15) is 4.21 Å². The molecule has 13 heteroatoms. The van der Waals surface area contributed by atoms with Crippen molar-refractivity contribution in [3.63, 3.8) is 0 Å². The van der Waals surface area contributed by atoms with E-state index in [1.165, 1.54) is 12.1 Å². The number of benzene rings is 1. The van der Waals surface area contributed by atoms with Crippen molar-refractivity contribution in [3.8, 4) is 0 Å². The molecule has 0 unspecified atom stereocenters. The van der Waals surface area contributed by atoms with Crippen molar-refractivity contribution in [3.05, 3.63) is 62.6 Å². The van der Waals surface area contributed by atoms with E-state index in [9.17, 15) is 18.0 Å². The fraction of sp³-hybridized carbons (Fsp3) is 0.0526. The minimum atomic E-state index is -4.00. The fourth-order valence-corrected chi connectivity index (χ4v) is 6.07. The van der Waals surface area contributed by atoms with Crippen LogP contribution in [-0.4, -0.2) is 30.2 Å². The van der Waals surface area contributed by atoms with E-state index in [0.29, 0.717) is 4.34 Å². The van der Waals surface area contributed by atoms with Gasteiger partial charge in [0.25, 0.3) is 27.6 Å². The summed E-state index contributed by atoms with van der Waals surface area (Å²) in [5.74, 6) is -1.09. The van der Waals surface area contributed by atoms with Crippen LogP contribution in [0.25, 0.3) is 11.2 Å². The summed E-state index contributed by atoms with van der Waals surface area (Å²) in [6, 6.07) is 8.81. The summed E-state index contributed by atoms with van der Waals surface area (Å²) in [6.45, 7) is 1.55. The first-order valence-corrected chi connectivity index (χ1v) is 12.0. The third-order valence-electron chi connectivity index (χ3n) is 4.69. The average molecular weight is 509 g/mol. The van der Waals surface area contributed by atoms with Gasteiger partial charge in [-0.25, -0.2) is 23.0 Å². The van der Waals surface area contributed by atoms with Crippen molar-refractivity contribution < 1.29 is 22.4 Å². The normalized spacial score (nSPS) is 13.8. The smallest absolute Gasteiger partial charge is 0.311 e. The molecule has 0 aliphatic carbocycles. The van der Waals surface area contributed by atoms with Gasteiger partial charge in [-0.05, 0) is 31.2 Å². The second-order valence-corrected chi connectivity index (χ2v) is 10.7. The van der Waals surface area contributed by atoms with Gasteiger partial charge in [0, 0.05) is 0 Å². The number of carbonyl (C=O) groups excluding carboxylic acids is 2. The van der Waals surface area contributed by atoms with E-state index >= 15 is 0 Å². The fourth-order valence-electron chi connectivity index (χ4n) is 3.31. The molecule has 1 aromatic carbocycles. The number of aromatic nitrogens is 2. The van der Waals surface area contributed by atoms with E-state index < -0.39 is 21.8 Å². The van der Waals surface area contributed by atoms with Crippen LogP contribution in [0.5, 0.6) is 0 Å². The minimum Gasteiger partial charge on any atom is -0.404 e. The lowest BCUT2D eigenvalue weighted by Crippen LogP contribution is -2.30.